The maximum atomic E-state index is 14.2. The van der Waals surface area contributed by atoms with E-state index in [0.29, 0.717) is 11.4 Å². The van der Waals surface area contributed by atoms with Crippen LogP contribution in [0.15, 0.2) is 30.5 Å². The Morgan fingerprint density at radius 2 is 2.11 bits per heavy atom. The lowest BCUT2D eigenvalue weighted by Gasteiger charge is -2.26. The van der Waals surface area contributed by atoms with Gasteiger partial charge in [0.1, 0.15) is 0 Å². The summed E-state index contributed by atoms with van der Waals surface area (Å²) in [5.74, 6) is -0.574. The molecule has 2 fully saturated rings. The van der Waals surface area contributed by atoms with Gasteiger partial charge in [0, 0.05) is 24.5 Å². The summed E-state index contributed by atoms with van der Waals surface area (Å²) in [4.78, 5) is 12.4. The van der Waals surface area contributed by atoms with Gasteiger partial charge in [-0.15, -0.1) is 12.4 Å². The van der Waals surface area contributed by atoms with Crippen molar-refractivity contribution in [3.05, 3.63) is 42.0 Å². The van der Waals surface area contributed by atoms with Gasteiger partial charge >= 0.3 is 0 Å². The number of amides is 1. The smallest absolute Gasteiger partial charge is 0.276 e. The molecule has 1 unspecified atom stereocenters. The largest absolute Gasteiger partial charge is 0.487 e. The number of carbonyl (C=O) groups excluding carboxylic acids is 1. The molecule has 0 spiro atoms. The third-order valence-corrected chi connectivity index (χ3v) is 5.02. The average Bonchev–Trinajstić information content (AvgIpc) is 3.10. The number of carbonyl (C=O) groups is 1. The number of nitrogens with one attached hydrogen (secondary N) is 2. The summed E-state index contributed by atoms with van der Waals surface area (Å²) in [6, 6.07) is 6.46. The van der Waals surface area contributed by atoms with Gasteiger partial charge in [-0.3, -0.25) is 9.48 Å². The molecule has 146 valence electrons. The number of piperidine rings is 1. The van der Waals surface area contributed by atoms with E-state index in [1.54, 1.807) is 18.2 Å². The first-order valence-electron chi connectivity index (χ1n) is 9.22. The molecule has 2 heterocycles. The van der Waals surface area contributed by atoms with Crippen LogP contribution in [0.25, 0.3) is 0 Å². The van der Waals surface area contributed by atoms with Gasteiger partial charge in [0.15, 0.2) is 17.3 Å². The van der Waals surface area contributed by atoms with Crippen LogP contribution < -0.4 is 15.4 Å². The molecule has 27 heavy (non-hydrogen) atoms. The average molecular weight is 395 g/mol. The van der Waals surface area contributed by atoms with Crippen LogP contribution >= 0.6 is 12.4 Å². The topological polar surface area (TPSA) is 68.2 Å². The summed E-state index contributed by atoms with van der Waals surface area (Å²) in [7, 11) is 0. The number of hydrogen-bond donors (Lipinski definition) is 2. The number of anilines is 1. The lowest BCUT2D eigenvalue weighted by Crippen LogP contribution is -2.32. The first kappa shape index (κ1) is 19.6. The zero-order valence-corrected chi connectivity index (χ0v) is 15.8. The Morgan fingerprint density at radius 1 is 1.26 bits per heavy atom. The van der Waals surface area contributed by atoms with Gasteiger partial charge in [-0.1, -0.05) is 0 Å². The van der Waals surface area contributed by atoms with Crippen molar-refractivity contribution in [2.45, 2.75) is 44.2 Å². The van der Waals surface area contributed by atoms with Crippen LogP contribution in [0.2, 0.25) is 0 Å². The van der Waals surface area contributed by atoms with Gasteiger partial charge < -0.3 is 15.4 Å². The zero-order chi connectivity index (χ0) is 17.9. The Balaban J connectivity index is 0.00000210. The van der Waals surface area contributed by atoms with Crippen molar-refractivity contribution in [1.82, 2.24) is 15.1 Å². The standard InChI is InChI=1S/C19H23FN4O2.ClH/c20-16-11-13(6-7-18(16)26-15-4-1-5-15)22-19(25)17-8-10-24(23-17)14-3-2-9-21-12-14;/h6-8,10-11,14-15,21H,1-5,9,12H2,(H,22,25);1H. The molecule has 1 aromatic carbocycles. The van der Waals surface area contributed by atoms with E-state index in [9.17, 15) is 9.18 Å². The second kappa shape index (κ2) is 8.71. The Kier molecular flexibility index (Phi) is 6.34. The van der Waals surface area contributed by atoms with Crippen LogP contribution in [0.5, 0.6) is 5.75 Å². The summed E-state index contributed by atoms with van der Waals surface area (Å²) >= 11 is 0. The molecule has 0 radical (unpaired) electrons. The van der Waals surface area contributed by atoms with E-state index in [0.717, 1.165) is 45.2 Å². The maximum absolute atomic E-state index is 14.2. The normalized spacial score (nSPS) is 19.7. The van der Waals surface area contributed by atoms with E-state index in [1.165, 1.54) is 6.07 Å². The number of halogens is 2. The molecule has 0 bridgehead atoms. The highest BCUT2D eigenvalue weighted by Gasteiger charge is 2.21. The molecule has 2 N–H and O–H groups in total. The number of hydrogen-bond acceptors (Lipinski definition) is 4. The van der Waals surface area contributed by atoms with Crippen molar-refractivity contribution < 1.29 is 13.9 Å². The quantitative estimate of drug-likeness (QED) is 0.813. The van der Waals surface area contributed by atoms with Gasteiger partial charge in [-0.25, -0.2) is 4.39 Å². The fraction of sp³-hybridized carbons (Fsp3) is 0.474. The minimum Gasteiger partial charge on any atom is -0.487 e. The highest BCUT2D eigenvalue weighted by molar-refractivity contribution is 6.02. The molecule has 6 nitrogen and oxygen atoms in total. The third kappa shape index (κ3) is 4.59. The molecule has 1 amide bonds. The monoisotopic (exact) mass is 394 g/mol. The van der Waals surface area contributed by atoms with Crippen LogP contribution in [0.3, 0.4) is 0 Å². The van der Waals surface area contributed by atoms with Gasteiger partial charge in [0.25, 0.3) is 5.91 Å². The zero-order valence-electron chi connectivity index (χ0n) is 15.0. The first-order valence-corrected chi connectivity index (χ1v) is 9.22. The van der Waals surface area contributed by atoms with Crippen molar-refractivity contribution in [3.8, 4) is 5.75 Å². The second-order valence-corrected chi connectivity index (χ2v) is 6.95. The van der Waals surface area contributed by atoms with Crippen molar-refractivity contribution >= 4 is 24.0 Å². The third-order valence-electron chi connectivity index (χ3n) is 5.02. The van der Waals surface area contributed by atoms with E-state index in [4.69, 9.17) is 4.74 Å². The Hall–Kier alpha value is -2.12. The lowest BCUT2D eigenvalue weighted by molar-refractivity contribution is 0.102. The van der Waals surface area contributed by atoms with E-state index in [1.807, 2.05) is 10.9 Å². The lowest BCUT2D eigenvalue weighted by atomic mass is 9.96. The van der Waals surface area contributed by atoms with E-state index in [2.05, 4.69) is 15.7 Å². The van der Waals surface area contributed by atoms with Crippen LogP contribution in [0.4, 0.5) is 10.1 Å². The Bertz CT molecular complexity index is 788. The van der Waals surface area contributed by atoms with Crippen LogP contribution in [0, 0.1) is 5.82 Å². The minimum atomic E-state index is -0.464. The number of ether oxygens (including phenoxy) is 1. The van der Waals surface area contributed by atoms with Gasteiger partial charge in [0.05, 0.1) is 12.1 Å². The van der Waals surface area contributed by atoms with Crippen LogP contribution in [0.1, 0.15) is 48.6 Å². The van der Waals surface area contributed by atoms with Crippen molar-refractivity contribution in [3.63, 3.8) is 0 Å². The molecule has 1 saturated heterocycles. The summed E-state index contributed by atoms with van der Waals surface area (Å²) in [5.41, 5.74) is 0.716. The van der Waals surface area contributed by atoms with Gasteiger partial charge in [0.2, 0.25) is 0 Å². The number of aromatic nitrogens is 2. The van der Waals surface area contributed by atoms with E-state index >= 15 is 0 Å². The first-order chi connectivity index (χ1) is 12.7. The molecule has 1 aromatic heterocycles. The molecule has 1 saturated carbocycles. The molecule has 2 aliphatic rings. The molecule has 1 aliphatic heterocycles. The van der Waals surface area contributed by atoms with E-state index in [-0.39, 0.29) is 36.2 Å². The van der Waals surface area contributed by atoms with Crippen LogP contribution in [-0.2, 0) is 0 Å². The maximum Gasteiger partial charge on any atom is 0.276 e. The molecule has 1 atom stereocenters. The van der Waals surface area contributed by atoms with Crippen molar-refractivity contribution in [2.24, 2.45) is 0 Å². The summed E-state index contributed by atoms with van der Waals surface area (Å²) < 4.78 is 21.6. The molecule has 4 rings (SSSR count). The number of nitrogens with zero attached hydrogens (tertiary/aromatic N) is 2. The highest BCUT2D eigenvalue weighted by atomic mass is 35.5. The summed E-state index contributed by atoms with van der Waals surface area (Å²) in [6.45, 7) is 1.88. The van der Waals surface area contributed by atoms with E-state index < -0.39 is 5.82 Å². The van der Waals surface area contributed by atoms with Crippen molar-refractivity contribution in [2.75, 3.05) is 18.4 Å². The SMILES string of the molecule is Cl.O=C(Nc1ccc(OC2CCC2)c(F)c1)c1ccn(C2CCCNC2)n1. The minimum absolute atomic E-state index is 0. The van der Waals surface area contributed by atoms with Crippen LogP contribution in [-0.4, -0.2) is 34.9 Å². The molecule has 1 aliphatic carbocycles. The summed E-state index contributed by atoms with van der Waals surface area (Å²) in [6.07, 6.45) is 7.15. The fourth-order valence-electron chi connectivity index (χ4n) is 3.26. The second-order valence-electron chi connectivity index (χ2n) is 6.95. The number of benzene rings is 1. The fourth-order valence-corrected chi connectivity index (χ4v) is 3.26. The Labute approximate surface area is 163 Å². The van der Waals surface area contributed by atoms with Gasteiger partial charge in [-0.05, 0) is 56.8 Å². The van der Waals surface area contributed by atoms with Crippen molar-refractivity contribution in [1.29, 1.82) is 0 Å². The Morgan fingerprint density at radius 3 is 2.78 bits per heavy atom. The molecule has 8 heteroatoms. The van der Waals surface area contributed by atoms with Gasteiger partial charge in [-0.2, -0.15) is 5.10 Å². The molecular formula is C19H24ClFN4O2. The predicted octanol–water partition coefficient (Wildman–Crippen LogP) is 3.55. The highest BCUT2D eigenvalue weighted by Crippen LogP contribution is 2.28. The molecular weight excluding hydrogens is 371 g/mol. The summed E-state index contributed by atoms with van der Waals surface area (Å²) in [5, 5.41) is 10.4. The number of rotatable bonds is 5. The molecule has 2 aromatic rings. The predicted molar refractivity (Wildman–Crippen MR) is 103 cm³/mol.